The molecule has 0 aromatic carbocycles. The number of carbonyl (C=O) groups excluding carboxylic acids is 1. The van der Waals surface area contributed by atoms with Crippen LogP contribution in [0.15, 0.2) is 0 Å². The predicted octanol–water partition coefficient (Wildman–Crippen LogP) is 3.26. The van der Waals surface area contributed by atoms with Crippen molar-refractivity contribution in [1.82, 2.24) is 5.32 Å². The van der Waals surface area contributed by atoms with Gasteiger partial charge in [0.05, 0.1) is 6.07 Å². The second kappa shape index (κ2) is 8.11. The third-order valence-electron chi connectivity index (χ3n) is 3.01. The first-order chi connectivity index (χ1) is 8.02. The Hall–Kier alpha value is -1.04. The zero-order valence-corrected chi connectivity index (χ0v) is 11.7. The molecule has 0 aliphatic carbocycles. The maximum atomic E-state index is 12.1. The maximum Gasteiger partial charge on any atom is 0.240 e. The molecule has 0 radical (unpaired) electrons. The molecule has 0 aliphatic heterocycles. The van der Waals surface area contributed by atoms with Crippen LogP contribution in [0.3, 0.4) is 0 Å². The molecule has 17 heavy (non-hydrogen) atoms. The number of nitrogens with zero attached hydrogens (tertiary/aromatic N) is 1. The van der Waals surface area contributed by atoms with Crippen LogP contribution in [0, 0.1) is 22.7 Å². The summed E-state index contributed by atoms with van der Waals surface area (Å²) >= 11 is 0. The Morgan fingerprint density at radius 2 is 1.82 bits per heavy atom. The van der Waals surface area contributed by atoms with E-state index >= 15 is 0 Å². The monoisotopic (exact) mass is 238 g/mol. The number of nitriles is 1. The summed E-state index contributed by atoms with van der Waals surface area (Å²) in [4.78, 5) is 12.1. The summed E-state index contributed by atoms with van der Waals surface area (Å²) in [5.41, 5.74) is -0.805. The number of nitrogens with one attached hydrogen (secondary N) is 1. The number of hydrogen-bond acceptors (Lipinski definition) is 2. The fraction of sp³-hybridized carbons (Fsp3) is 0.857. The molecule has 0 saturated heterocycles. The molecule has 0 unspecified atom stereocenters. The van der Waals surface area contributed by atoms with Crippen molar-refractivity contribution in [1.29, 1.82) is 5.26 Å². The van der Waals surface area contributed by atoms with Crippen LogP contribution in [-0.2, 0) is 4.79 Å². The van der Waals surface area contributed by atoms with E-state index in [1.807, 2.05) is 13.8 Å². The van der Waals surface area contributed by atoms with Gasteiger partial charge in [-0.2, -0.15) is 5.26 Å². The minimum Gasteiger partial charge on any atom is -0.355 e. The van der Waals surface area contributed by atoms with E-state index in [2.05, 4.69) is 25.2 Å². The lowest BCUT2D eigenvalue weighted by Gasteiger charge is -2.24. The van der Waals surface area contributed by atoms with Crippen molar-refractivity contribution in [3.63, 3.8) is 0 Å². The molecule has 98 valence electrons. The summed E-state index contributed by atoms with van der Waals surface area (Å²) in [5, 5.41) is 12.2. The Morgan fingerprint density at radius 1 is 1.29 bits per heavy atom. The van der Waals surface area contributed by atoms with Crippen LogP contribution in [0.4, 0.5) is 0 Å². The Kier molecular flexibility index (Phi) is 7.61. The van der Waals surface area contributed by atoms with Gasteiger partial charge in [0.15, 0.2) is 0 Å². The van der Waals surface area contributed by atoms with Gasteiger partial charge in [-0.3, -0.25) is 4.79 Å². The fourth-order valence-corrected chi connectivity index (χ4v) is 2.01. The second-order valence-electron chi connectivity index (χ2n) is 5.13. The molecule has 0 spiro atoms. The molecule has 0 saturated carbocycles. The van der Waals surface area contributed by atoms with Crippen molar-refractivity contribution in [3.05, 3.63) is 0 Å². The zero-order valence-electron chi connectivity index (χ0n) is 11.7. The smallest absolute Gasteiger partial charge is 0.240 e. The third-order valence-corrected chi connectivity index (χ3v) is 3.01. The summed E-state index contributed by atoms with van der Waals surface area (Å²) < 4.78 is 0. The van der Waals surface area contributed by atoms with Crippen LogP contribution < -0.4 is 5.32 Å². The van der Waals surface area contributed by atoms with Crippen molar-refractivity contribution in [2.24, 2.45) is 11.3 Å². The van der Waals surface area contributed by atoms with E-state index in [0.29, 0.717) is 25.3 Å². The average molecular weight is 238 g/mol. The van der Waals surface area contributed by atoms with Crippen molar-refractivity contribution < 1.29 is 4.79 Å². The normalized spacial score (nSPS) is 11.3. The highest BCUT2D eigenvalue weighted by molar-refractivity contribution is 5.85. The van der Waals surface area contributed by atoms with Gasteiger partial charge in [0.25, 0.3) is 0 Å². The predicted molar refractivity (Wildman–Crippen MR) is 70.3 cm³/mol. The number of carbonyl (C=O) groups is 1. The van der Waals surface area contributed by atoms with Crippen LogP contribution in [0.5, 0.6) is 0 Å². The molecule has 0 atom stereocenters. The number of hydrogen-bond donors (Lipinski definition) is 1. The number of rotatable bonds is 8. The molecule has 1 N–H and O–H groups in total. The molecule has 0 bridgehead atoms. The topological polar surface area (TPSA) is 52.9 Å². The summed E-state index contributed by atoms with van der Waals surface area (Å²) in [6, 6.07) is 2.24. The number of amides is 1. The van der Waals surface area contributed by atoms with Gasteiger partial charge in [0, 0.05) is 6.54 Å². The van der Waals surface area contributed by atoms with Gasteiger partial charge in [0.2, 0.25) is 5.91 Å². The van der Waals surface area contributed by atoms with Crippen LogP contribution in [-0.4, -0.2) is 12.5 Å². The fourth-order valence-electron chi connectivity index (χ4n) is 2.01. The van der Waals surface area contributed by atoms with Crippen molar-refractivity contribution >= 4 is 5.91 Å². The van der Waals surface area contributed by atoms with E-state index in [1.165, 1.54) is 0 Å². The van der Waals surface area contributed by atoms with Gasteiger partial charge in [-0.25, -0.2) is 0 Å². The van der Waals surface area contributed by atoms with Crippen LogP contribution in [0.1, 0.15) is 59.8 Å². The molecule has 0 fully saturated rings. The first kappa shape index (κ1) is 16.0. The lowest BCUT2D eigenvalue weighted by atomic mass is 9.79. The Balaban J connectivity index is 4.47. The zero-order chi connectivity index (χ0) is 13.3. The molecule has 1 amide bonds. The molecule has 3 nitrogen and oxygen atoms in total. The lowest BCUT2D eigenvalue weighted by Crippen LogP contribution is -2.40. The largest absolute Gasteiger partial charge is 0.355 e. The van der Waals surface area contributed by atoms with Gasteiger partial charge < -0.3 is 5.32 Å². The van der Waals surface area contributed by atoms with Crippen LogP contribution in [0.25, 0.3) is 0 Å². The summed E-state index contributed by atoms with van der Waals surface area (Å²) in [5.74, 6) is 0.494. The highest BCUT2D eigenvalue weighted by atomic mass is 16.2. The van der Waals surface area contributed by atoms with E-state index in [-0.39, 0.29) is 5.91 Å². The van der Waals surface area contributed by atoms with Gasteiger partial charge in [-0.1, -0.05) is 40.5 Å². The van der Waals surface area contributed by atoms with Crippen molar-refractivity contribution in [2.45, 2.75) is 59.8 Å². The minimum absolute atomic E-state index is 0.0793. The molecule has 0 aliphatic rings. The lowest BCUT2D eigenvalue weighted by molar-refractivity contribution is -0.128. The molecule has 0 aromatic rings. The molecule has 0 heterocycles. The second-order valence-corrected chi connectivity index (χ2v) is 5.13. The SMILES string of the molecule is CCCC(C#N)(CCC)C(=O)NCCC(C)C. The van der Waals surface area contributed by atoms with Gasteiger partial charge in [-0.05, 0) is 25.2 Å². The molecule has 3 heteroatoms. The Morgan fingerprint density at radius 3 is 2.18 bits per heavy atom. The average Bonchev–Trinajstić information content (AvgIpc) is 2.27. The van der Waals surface area contributed by atoms with E-state index in [1.54, 1.807) is 0 Å². The van der Waals surface area contributed by atoms with Crippen molar-refractivity contribution in [3.8, 4) is 6.07 Å². The molecular formula is C14H26N2O. The standard InChI is InChI=1S/C14H26N2O/c1-5-8-14(11-15,9-6-2)13(17)16-10-7-12(3)4/h12H,5-10H2,1-4H3,(H,16,17). The van der Waals surface area contributed by atoms with E-state index in [0.717, 1.165) is 19.3 Å². The molecular weight excluding hydrogens is 212 g/mol. The van der Waals surface area contributed by atoms with E-state index in [9.17, 15) is 10.1 Å². The Labute approximate surface area is 106 Å². The van der Waals surface area contributed by atoms with Gasteiger partial charge in [-0.15, -0.1) is 0 Å². The first-order valence-corrected chi connectivity index (χ1v) is 6.72. The quantitative estimate of drug-likeness (QED) is 0.705. The first-order valence-electron chi connectivity index (χ1n) is 6.72. The van der Waals surface area contributed by atoms with E-state index in [4.69, 9.17) is 0 Å². The minimum atomic E-state index is -0.805. The summed E-state index contributed by atoms with van der Waals surface area (Å²) in [6.07, 6.45) is 4.01. The summed E-state index contributed by atoms with van der Waals surface area (Å²) in [7, 11) is 0. The summed E-state index contributed by atoms with van der Waals surface area (Å²) in [6.45, 7) is 8.96. The highest BCUT2D eigenvalue weighted by Gasteiger charge is 2.36. The van der Waals surface area contributed by atoms with Crippen LogP contribution in [0.2, 0.25) is 0 Å². The molecule has 0 aromatic heterocycles. The van der Waals surface area contributed by atoms with Gasteiger partial charge >= 0.3 is 0 Å². The molecule has 0 rings (SSSR count). The highest BCUT2D eigenvalue weighted by Crippen LogP contribution is 2.29. The van der Waals surface area contributed by atoms with E-state index < -0.39 is 5.41 Å². The van der Waals surface area contributed by atoms with Crippen molar-refractivity contribution in [2.75, 3.05) is 6.54 Å². The third kappa shape index (κ3) is 5.21. The van der Waals surface area contributed by atoms with Gasteiger partial charge in [0.1, 0.15) is 5.41 Å². The van der Waals surface area contributed by atoms with Crippen LogP contribution >= 0.6 is 0 Å². The Bertz CT molecular complexity index is 260. The maximum absolute atomic E-state index is 12.1.